The molecule has 1 aromatic heterocycles. The molecule has 0 N–H and O–H groups in total. The van der Waals surface area contributed by atoms with Crippen molar-refractivity contribution in [1.29, 1.82) is 0 Å². The Kier molecular flexibility index (Phi) is 5.25. The molecule has 0 saturated heterocycles. The van der Waals surface area contributed by atoms with E-state index in [1.807, 2.05) is 42.5 Å². The fourth-order valence-electron chi connectivity index (χ4n) is 3.25. The molecular formula is C21H16Cl2N2O3S. The fraction of sp³-hybridized carbons (Fsp3) is 0.0952. The van der Waals surface area contributed by atoms with Crippen molar-refractivity contribution in [1.82, 2.24) is 8.54 Å². The van der Waals surface area contributed by atoms with Crippen LogP contribution >= 0.6 is 23.2 Å². The molecule has 0 spiro atoms. The number of rotatable bonds is 5. The van der Waals surface area contributed by atoms with Crippen molar-refractivity contribution in [2.75, 3.05) is 5.75 Å². The number of benzene rings is 3. The number of hydrogen-bond donors (Lipinski definition) is 0. The van der Waals surface area contributed by atoms with Gasteiger partial charge in [-0.3, -0.25) is 4.57 Å². The Hall–Kier alpha value is -2.54. The standard InChI is InChI=1S/C21H16Cl2N2O3S/c22-19-9-8-17(14-20(19)23)24-11-12-25(21(24)26)29(27,28)13-10-16-6-3-5-15-4-1-2-7-18(15)16/h1-9,11-12,14H,10,13H2. The van der Waals surface area contributed by atoms with Crippen molar-refractivity contribution < 1.29 is 8.42 Å². The Morgan fingerprint density at radius 2 is 1.62 bits per heavy atom. The number of hydrogen-bond acceptors (Lipinski definition) is 3. The van der Waals surface area contributed by atoms with Gasteiger partial charge in [-0.25, -0.2) is 13.2 Å². The quantitative estimate of drug-likeness (QED) is 0.452. The van der Waals surface area contributed by atoms with E-state index in [1.165, 1.54) is 23.0 Å². The second-order valence-corrected chi connectivity index (χ2v) is 9.33. The van der Waals surface area contributed by atoms with Gasteiger partial charge in [0.05, 0.1) is 21.5 Å². The zero-order valence-electron chi connectivity index (χ0n) is 15.1. The van der Waals surface area contributed by atoms with Gasteiger partial charge in [-0.15, -0.1) is 0 Å². The summed E-state index contributed by atoms with van der Waals surface area (Å²) in [6, 6.07) is 18.3. The lowest BCUT2D eigenvalue weighted by Crippen LogP contribution is -2.30. The number of fused-ring (bicyclic) bond motifs is 1. The summed E-state index contributed by atoms with van der Waals surface area (Å²) in [6.07, 6.45) is 2.95. The molecule has 8 heteroatoms. The largest absolute Gasteiger partial charge is 0.346 e. The average Bonchev–Trinajstić information content (AvgIpc) is 3.11. The van der Waals surface area contributed by atoms with Crippen LogP contribution in [-0.2, 0) is 16.4 Å². The third-order valence-electron chi connectivity index (χ3n) is 4.74. The molecule has 148 valence electrons. The highest BCUT2D eigenvalue weighted by molar-refractivity contribution is 7.89. The molecule has 5 nitrogen and oxygen atoms in total. The van der Waals surface area contributed by atoms with Gasteiger partial charge >= 0.3 is 5.69 Å². The van der Waals surface area contributed by atoms with Gasteiger partial charge in [-0.05, 0) is 41.0 Å². The zero-order chi connectivity index (χ0) is 20.6. The van der Waals surface area contributed by atoms with Gasteiger partial charge in [-0.1, -0.05) is 65.7 Å². The maximum Gasteiger partial charge on any atom is 0.346 e. The Morgan fingerprint density at radius 1 is 0.862 bits per heavy atom. The topological polar surface area (TPSA) is 61.1 Å². The van der Waals surface area contributed by atoms with Crippen molar-refractivity contribution in [3.63, 3.8) is 0 Å². The van der Waals surface area contributed by atoms with Crippen LogP contribution in [0.5, 0.6) is 0 Å². The third-order valence-corrected chi connectivity index (χ3v) is 7.07. The summed E-state index contributed by atoms with van der Waals surface area (Å²) >= 11 is 11.9. The molecule has 4 rings (SSSR count). The minimum atomic E-state index is -3.84. The van der Waals surface area contributed by atoms with Gasteiger partial charge in [0.2, 0.25) is 10.0 Å². The van der Waals surface area contributed by atoms with Crippen LogP contribution in [0.15, 0.2) is 77.9 Å². The summed E-state index contributed by atoms with van der Waals surface area (Å²) in [5.74, 6) is -0.188. The third kappa shape index (κ3) is 3.83. The van der Waals surface area contributed by atoms with Crippen molar-refractivity contribution in [2.45, 2.75) is 6.42 Å². The molecule has 0 aliphatic carbocycles. The molecule has 4 aromatic rings. The SMILES string of the molecule is O=c1n(-c2ccc(Cl)c(Cl)c2)ccn1S(=O)(=O)CCc1cccc2ccccc12. The summed E-state index contributed by atoms with van der Waals surface area (Å²) in [5, 5.41) is 2.68. The van der Waals surface area contributed by atoms with E-state index in [0.29, 0.717) is 17.1 Å². The van der Waals surface area contributed by atoms with Crippen molar-refractivity contribution in [2.24, 2.45) is 0 Å². The Bertz CT molecular complexity index is 1370. The lowest BCUT2D eigenvalue weighted by Gasteiger charge is -2.08. The van der Waals surface area contributed by atoms with E-state index in [2.05, 4.69) is 0 Å². The van der Waals surface area contributed by atoms with Gasteiger partial charge in [0, 0.05) is 12.4 Å². The van der Waals surface area contributed by atoms with Crippen LogP contribution in [0, 0.1) is 0 Å². The van der Waals surface area contributed by atoms with E-state index >= 15 is 0 Å². The zero-order valence-corrected chi connectivity index (χ0v) is 17.5. The highest BCUT2D eigenvalue weighted by atomic mass is 35.5. The second kappa shape index (κ2) is 7.71. The molecule has 0 unspecified atom stereocenters. The predicted molar refractivity (Wildman–Crippen MR) is 117 cm³/mol. The summed E-state index contributed by atoms with van der Waals surface area (Å²) in [4.78, 5) is 12.7. The lowest BCUT2D eigenvalue weighted by atomic mass is 10.0. The highest BCUT2D eigenvalue weighted by Crippen LogP contribution is 2.24. The molecule has 0 radical (unpaired) electrons. The summed E-state index contributed by atoms with van der Waals surface area (Å²) in [5.41, 5.74) is 0.678. The fourth-order valence-corrected chi connectivity index (χ4v) is 4.78. The van der Waals surface area contributed by atoms with Crippen LogP contribution < -0.4 is 5.69 Å². The molecule has 0 saturated carbocycles. The van der Waals surface area contributed by atoms with Crippen LogP contribution in [0.1, 0.15) is 5.56 Å². The van der Waals surface area contributed by atoms with Crippen molar-refractivity contribution in [3.8, 4) is 5.69 Å². The van der Waals surface area contributed by atoms with Crippen LogP contribution in [0.25, 0.3) is 16.5 Å². The molecule has 0 fully saturated rings. The molecule has 0 atom stereocenters. The smallest absolute Gasteiger partial charge is 0.267 e. The van der Waals surface area contributed by atoms with Gasteiger partial charge in [0.15, 0.2) is 0 Å². The van der Waals surface area contributed by atoms with E-state index < -0.39 is 15.7 Å². The minimum absolute atomic E-state index is 0.188. The Labute approximate surface area is 177 Å². The Morgan fingerprint density at radius 3 is 2.41 bits per heavy atom. The molecular weight excluding hydrogens is 431 g/mol. The number of aryl methyl sites for hydroxylation is 1. The number of halogens is 2. The van der Waals surface area contributed by atoms with E-state index in [1.54, 1.807) is 12.1 Å². The first-order valence-electron chi connectivity index (χ1n) is 8.82. The summed E-state index contributed by atoms with van der Waals surface area (Å²) in [7, 11) is -3.84. The van der Waals surface area contributed by atoms with Gasteiger partial charge in [0.25, 0.3) is 0 Å². The van der Waals surface area contributed by atoms with Crippen LogP contribution in [0.4, 0.5) is 0 Å². The predicted octanol–water partition coefficient (Wildman–Crippen LogP) is 4.52. The van der Waals surface area contributed by atoms with Crippen molar-refractivity contribution >= 4 is 44.0 Å². The normalized spacial score (nSPS) is 11.8. The first-order chi connectivity index (χ1) is 13.9. The molecule has 0 amide bonds. The maximum atomic E-state index is 12.8. The van der Waals surface area contributed by atoms with E-state index in [-0.39, 0.29) is 10.8 Å². The summed E-state index contributed by atoms with van der Waals surface area (Å²) in [6.45, 7) is 0. The van der Waals surface area contributed by atoms with Gasteiger partial charge in [-0.2, -0.15) is 3.97 Å². The first-order valence-corrected chi connectivity index (χ1v) is 11.2. The van der Waals surface area contributed by atoms with Gasteiger partial charge in [0.1, 0.15) is 0 Å². The van der Waals surface area contributed by atoms with E-state index in [0.717, 1.165) is 20.3 Å². The Balaban J connectivity index is 1.63. The number of nitrogens with zero attached hydrogens (tertiary/aromatic N) is 2. The van der Waals surface area contributed by atoms with Crippen molar-refractivity contribution in [3.05, 3.63) is 99.2 Å². The molecule has 0 aliphatic heterocycles. The minimum Gasteiger partial charge on any atom is -0.267 e. The van der Waals surface area contributed by atoms with Crippen LogP contribution in [0.2, 0.25) is 10.0 Å². The monoisotopic (exact) mass is 446 g/mol. The molecule has 0 bridgehead atoms. The van der Waals surface area contributed by atoms with Crippen LogP contribution in [-0.4, -0.2) is 22.7 Å². The molecule has 29 heavy (non-hydrogen) atoms. The van der Waals surface area contributed by atoms with Gasteiger partial charge < -0.3 is 0 Å². The van der Waals surface area contributed by atoms with Crippen LogP contribution in [0.3, 0.4) is 0 Å². The lowest BCUT2D eigenvalue weighted by molar-refractivity contribution is 0.584. The molecule has 1 heterocycles. The average molecular weight is 447 g/mol. The first kappa shape index (κ1) is 19.8. The van der Waals surface area contributed by atoms with E-state index in [4.69, 9.17) is 23.2 Å². The highest BCUT2D eigenvalue weighted by Gasteiger charge is 2.19. The molecule has 3 aromatic carbocycles. The second-order valence-electron chi connectivity index (χ2n) is 6.55. The number of imidazole rings is 1. The summed E-state index contributed by atoms with van der Waals surface area (Å²) < 4.78 is 27.6. The van der Waals surface area contributed by atoms with E-state index in [9.17, 15) is 13.2 Å². The maximum absolute atomic E-state index is 12.8. The molecule has 0 aliphatic rings. The number of aromatic nitrogens is 2.